The van der Waals surface area contributed by atoms with Gasteiger partial charge in [0, 0.05) is 12.1 Å². The Hall–Kier alpha value is -3.11. The van der Waals surface area contributed by atoms with Gasteiger partial charge >= 0.3 is 0 Å². The first-order chi connectivity index (χ1) is 14.8. The normalized spacial score (nSPS) is 26.0. The quantitative estimate of drug-likeness (QED) is 0.483. The molecule has 9 heteroatoms. The van der Waals surface area contributed by atoms with Gasteiger partial charge in [0.05, 0.1) is 18.8 Å². The Labute approximate surface area is 176 Å². The van der Waals surface area contributed by atoms with E-state index in [1.54, 1.807) is 24.3 Å². The topological polar surface area (TPSA) is 139 Å². The lowest BCUT2D eigenvalue weighted by molar-refractivity contribution is -0.267. The molecule has 0 saturated carbocycles. The molecule has 2 aromatic carbocycles. The minimum absolute atomic E-state index is 0.0233. The number of hydrogen-bond acceptors (Lipinski definition) is 9. The fourth-order valence-electron chi connectivity index (χ4n) is 3.50. The third-order valence-corrected chi connectivity index (χ3v) is 5.28. The Morgan fingerprint density at radius 3 is 2.39 bits per heavy atom. The highest BCUT2D eigenvalue weighted by atomic mass is 16.7. The van der Waals surface area contributed by atoms with Crippen LogP contribution in [0.4, 0.5) is 0 Å². The molecule has 1 aliphatic rings. The molecule has 31 heavy (non-hydrogen) atoms. The minimum atomic E-state index is -1.58. The van der Waals surface area contributed by atoms with E-state index in [9.17, 15) is 25.2 Å². The van der Waals surface area contributed by atoms with Crippen LogP contribution in [0.25, 0.3) is 22.1 Å². The molecule has 0 bridgehead atoms. The predicted octanol–water partition coefficient (Wildman–Crippen LogP) is 1.38. The molecule has 0 aliphatic carbocycles. The lowest BCUT2D eigenvalue weighted by Gasteiger charge is -2.38. The van der Waals surface area contributed by atoms with Crippen molar-refractivity contribution < 1.29 is 39.1 Å². The molecule has 0 amide bonds. The van der Waals surface area contributed by atoms with E-state index in [2.05, 4.69) is 0 Å². The monoisotopic (exact) mass is 430 g/mol. The van der Waals surface area contributed by atoms with E-state index < -0.39 is 36.1 Å². The van der Waals surface area contributed by atoms with Crippen LogP contribution in [-0.2, 0) is 4.74 Å². The molecule has 164 valence electrons. The van der Waals surface area contributed by atoms with Gasteiger partial charge in [0.25, 0.3) is 0 Å². The second-order valence-electron chi connectivity index (χ2n) is 7.32. The number of methoxy groups -OCH3 is 1. The van der Waals surface area contributed by atoms with Gasteiger partial charge in [-0.15, -0.1) is 0 Å². The average Bonchev–Trinajstić information content (AvgIpc) is 2.76. The number of benzene rings is 2. The number of aliphatic hydroxyl groups excluding tert-OH is 3. The van der Waals surface area contributed by atoms with Gasteiger partial charge in [-0.3, -0.25) is 4.79 Å². The summed E-state index contributed by atoms with van der Waals surface area (Å²) in [5, 5.41) is 40.2. The van der Waals surface area contributed by atoms with Gasteiger partial charge in [0.15, 0.2) is 0 Å². The molecule has 2 heterocycles. The van der Waals surface area contributed by atoms with Crippen molar-refractivity contribution in [3.63, 3.8) is 0 Å². The molecule has 4 rings (SSSR count). The molecule has 5 atom stereocenters. The molecule has 1 aromatic heterocycles. The van der Waals surface area contributed by atoms with Crippen molar-refractivity contribution in [2.75, 3.05) is 7.11 Å². The lowest BCUT2D eigenvalue weighted by Crippen LogP contribution is -2.58. The van der Waals surface area contributed by atoms with Gasteiger partial charge in [-0.25, -0.2) is 0 Å². The van der Waals surface area contributed by atoms with Crippen LogP contribution in [-0.4, -0.2) is 58.2 Å². The molecule has 1 fully saturated rings. The maximum absolute atomic E-state index is 13.3. The van der Waals surface area contributed by atoms with E-state index in [0.717, 1.165) is 0 Å². The molecular weight excluding hydrogens is 408 g/mol. The number of hydrogen-bond donors (Lipinski definition) is 4. The van der Waals surface area contributed by atoms with Gasteiger partial charge < -0.3 is 39.1 Å². The van der Waals surface area contributed by atoms with Crippen LogP contribution >= 0.6 is 0 Å². The van der Waals surface area contributed by atoms with Crippen LogP contribution in [0.2, 0.25) is 0 Å². The summed E-state index contributed by atoms with van der Waals surface area (Å²) in [5.74, 6) is 0.293. The number of phenols is 1. The SMILES string of the molecule is COc1ccc(-c2coc3cc(O)cc(O[C@@H]4OC(C)[C@H](O)[C@H](O)C4O)c3c2=O)cc1. The van der Waals surface area contributed by atoms with E-state index in [0.29, 0.717) is 11.3 Å². The highest BCUT2D eigenvalue weighted by molar-refractivity contribution is 5.88. The largest absolute Gasteiger partial charge is 0.508 e. The molecule has 2 unspecified atom stereocenters. The number of aliphatic hydroxyl groups is 3. The number of rotatable bonds is 4. The molecule has 1 aliphatic heterocycles. The predicted molar refractivity (Wildman–Crippen MR) is 109 cm³/mol. The fraction of sp³-hybridized carbons (Fsp3) is 0.318. The Morgan fingerprint density at radius 2 is 1.71 bits per heavy atom. The summed E-state index contributed by atoms with van der Waals surface area (Å²) in [6.07, 6.45) is -5.34. The van der Waals surface area contributed by atoms with Gasteiger partial charge in [-0.1, -0.05) is 12.1 Å². The number of aromatic hydroxyl groups is 1. The van der Waals surface area contributed by atoms with Gasteiger partial charge in [-0.05, 0) is 24.6 Å². The maximum atomic E-state index is 13.3. The molecule has 1 saturated heterocycles. The number of fused-ring (bicyclic) bond motifs is 1. The summed E-state index contributed by atoms with van der Waals surface area (Å²) >= 11 is 0. The third-order valence-electron chi connectivity index (χ3n) is 5.28. The van der Waals surface area contributed by atoms with Crippen LogP contribution in [0, 0.1) is 0 Å². The first-order valence-corrected chi connectivity index (χ1v) is 9.59. The molecule has 0 spiro atoms. The minimum Gasteiger partial charge on any atom is -0.508 e. The summed E-state index contributed by atoms with van der Waals surface area (Å²) in [6.45, 7) is 1.51. The zero-order valence-electron chi connectivity index (χ0n) is 16.8. The Balaban J connectivity index is 1.79. The van der Waals surface area contributed by atoms with Crippen molar-refractivity contribution in [3.8, 4) is 28.4 Å². The van der Waals surface area contributed by atoms with E-state index in [1.165, 1.54) is 32.4 Å². The zero-order chi connectivity index (χ0) is 22.3. The summed E-state index contributed by atoms with van der Waals surface area (Å²) in [4.78, 5) is 13.3. The van der Waals surface area contributed by atoms with Crippen molar-refractivity contribution in [2.45, 2.75) is 37.6 Å². The van der Waals surface area contributed by atoms with E-state index >= 15 is 0 Å². The van der Waals surface area contributed by atoms with Crippen LogP contribution in [0.15, 0.2) is 51.9 Å². The van der Waals surface area contributed by atoms with Crippen molar-refractivity contribution in [1.82, 2.24) is 0 Å². The molecule has 0 radical (unpaired) electrons. The maximum Gasteiger partial charge on any atom is 0.229 e. The number of ether oxygens (including phenoxy) is 3. The van der Waals surface area contributed by atoms with Crippen LogP contribution < -0.4 is 14.9 Å². The third kappa shape index (κ3) is 3.84. The van der Waals surface area contributed by atoms with Crippen molar-refractivity contribution in [1.29, 1.82) is 0 Å². The zero-order valence-corrected chi connectivity index (χ0v) is 16.8. The first-order valence-electron chi connectivity index (χ1n) is 9.59. The summed E-state index contributed by atoms with van der Waals surface area (Å²) in [6, 6.07) is 9.26. The van der Waals surface area contributed by atoms with Crippen LogP contribution in [0.5, 0.6) is 17.2 Å². The van der Waals surface area contributed by atoms with Crippen LogP contribution in [0.1, 0.15) is 6.92 Å². The summed E-state index contributed by atoms with van der Waals surface area (Å²) < 4.78 is 21.8. The van der Waals surface area contributed by atoms with E-state index in [-0.39, 0.29) is 28.0 Å². The lowest BCUT2D eigenvalue weighted by atomic mass is 10.00. The second-order valence-corrected chi connectivity index (χ2v) is 7.32. The Bertz CT molecular complexity index is 1140. The smallest absolute Gasteiger partial charge is 0.229 e. The summed E-state index contributed by atoms with van der Waals surface area (Å²) in [7, 11) is 1.54. The molecule has 4 N–H and O–H groups in total. The van der Waals surface area contributed by atoms with Crippen LogP contribution in [0.3, 0.4) is 0 Å². The van der Waals surface area contributed by atoms with Gasteiger partial charge in [0.1, 0.15) is 52.8 Å². The fourth-order valence-corrected chi connectivity index (χ4v) is 3.50. The van der Waals surface area contributed by atoms with Gasteiger partial charge in [0.2, 0.25) is 11.7 Å². The van der Waals surface area contributed by atoms with Crippen molar-refractivity contribution >= 4 is 11.0 Å². The average molecular weight is 430 g/mol. The Morgan fingerprint density at radius 1 is 1.00 bits per heavy atom. The Kier molecular flexibility index (Phi) is 5.59. The van der Waals surface area contributed by atoms with E-state index in [4.69, 9.17) is 18.6 Å². The van der Waals surface area contributed by atoms with Gasteiger partial charge in [-0.2, -0.15) is 0 Å². The molecule has 3 aromatic rings. The summed E-state index contributed by atoms with van der Waals surface area (Å²) in [5.41, 5.74) is 0.466. The highest BCUT2D eigenvalue weighted by Crippen LogP contribution is 2.33. The van der Waals surface area contributed by atoms with E-state index in [1.807, 2.05) is 0 Å². The second kappa shape index (κ2) is 8.20. The highest BCUT2D eigenvalue weighted by Gasteiger charge is 2.43. The first kappa shape index (κ1) is 21.1. The molecule has 9 nitrogen and oxygen atoms in total. The molecular formula is C22H22O9. The standard InChI is InChI=1S/C22H22O9/c1-10-18(24)20(26)21(27)22(30-10)31-16-8-12(23)7-15-17(16)19(25)14(9-29-15)11-3-5-13(28-2)6-4-11/h3-10,18,20-24,26-27H,1-2H3/t10?,18-,20-,21?,22-/m0/s1. The van der Waals surface area contributed by atoms with Crippen molar-refractivity contribution in [3.05, 3.63) is 52.9 Å². The van der Waals surface area contributed by atoms with Crippen molar-refractivity contribution in [2.24, 2.45) is 0 Å². The number of phenolic OH excluding ortho intramolecular Hbond substituents is 1.